The van der Waals surface area contributed by atoms with Crippen LogP contribution >= 0.6 is 23.1 Å². The fraction of sp³-hybridized carbons (Fsp3) is 0.294. The number of aromatic nitrogens is 3. The first kappa shape index (κ1) is 17.6. The molecule has 130 valence electrons. The lowest BCUT2D eigenvalue weighted by molar-refractivity contribution is 0.0996. The molecule has 0 bridgehead atoms. The SMILES string of the molecule is Cc1nc(S[C@@H](C)c2nnc(-c3cccs3)o2)c(C(N)=O)c(C)c1C. The average Bonchev–Trinajstić information content (AvgIpc) is 3.23. The summed E-state index contributed by atoms with van der Waals surface area (Å²) in [6.45, 7) is 7.69. The molecule has 0 saturated carbocycles. The third-order valence-corrected chi connectivity index (χ3v) is 5.95. The van der Waals surface area contributed by atoms with Crippen LogP contribution in [0.4, 0.5) is 0 Å². The van der Waals surface area contributed by atoms with Crippen LogP contribution in [0.2, 0.25) is 0 Å². The van der Waals surface area contributed by atoms with Gasteiger partial charge in [0.05, 0.1) is 15.7 Å². The van der Waals surface area contributed by atoms with Gasteiger partial charge in [-0.15, -0.1) is 21.5 Å². The summed E-state index contributed by atoms with van der Waals surface area (Å²) in [6.07, 6.45) is 0. The number of rotatable bonds is 5. The summed E-state index contributed by atoms with van der Waals surface area (Å²) in [5.74, 6) is 0.505. The van der Waals surface area contributed by atoms with Crippen molar-refractivity contribution in [3.63, 3.8) is 0 Å². The number of nitrogens with zero attached hydrogens (tertiary/aromatic N) is 3. The number of carbonyl (C=O) groups is 1. The summed E-state index contributed by atoms with van der Waals surface area (Å²) < 4.78 is 5.77. The van der Waals surface area contributed by atoms with Crippen LogP contribution in [0.25, 0.3) is 10.8 Å². The molecule has 0 spiro atoms. The Hall–Kier alpha value is -2.19. The molecule has 0 aliphatic carbocycles. The number of thioether (sulfide) groups is 1. The minimum absolute atomic E-state index is 0.159. The van der Waals surface area contributed by atoms with Crippen molar-refractivity contribution >= 4 is 29.0 Å². The van der Waals surface area contributed by atoms with Gasteiger partial charge in [-0.25, -0.2) is 4.98 Å². The number of primary amides is 1. The van der Waals surface area contributed by atoms with Gasteiger partial charge >= 0.3 is 0 Å². The standard InChI is InChI=1S/C17H18N4O2S2/c1-8-9(2)13(14(18)22)17(19-10(8)3)25-11(4)15-20-21-16(23-15)12-6-5-7-24-12/h5-7,11H,1-4H3,(H2,18,22)/t11-/m0/s1. The van der Waals surface area contributed by atoms with E-state index in [1.165, 1.54) is 11.8 Å². The summed E-state index contributed by atoms with van der Waals surface area (Å²) in [4.78, 5) is 17.4. The zero-order chi connectivity index (χ0) is 18.1. The number of aryl methyl sites for hydroxylation is 1. The van der Waals surface area contributed by atoms with E-state index in [1.807, 2.05) is 45.2 Å². The van der Waals surface area contributed by atoms with Crippen LogP contribution in [0.15, 0.2) is 27.0 Å². The maximum absolute atomic E-state index is 11.9. The molecular formula is C17H18N4O2S2. The lowest BCUT2D eigenvalue weighted by atomic mass is 10.0. The molecule has 0 saturated heterocycles. The highest BCUT2D eigenvalue weighted by atomic mass is 32.2. The summed E-state index contributed by atoms with van der Waals surface area (Å²) >= 11 is 2.93. The van der Waals surface area contributed by atoms with Gasteiger partial charge in [-0.3, -0.25) is 4.79 Å². The van der Waals surface area contributed by atoms with E-state index < -0.39 is 5.91 Å². The van der Waals surface area contributed by atoms with E-state index in [1.54, 1.807) is 11.3 Å². The highest BCUT2D eigenvalue weighted by Gasteiger charge is 2.23. The zero-order valence-corrected chi connectivity index (χ0v) is 16.0. The van der Waals surface area contributed by atoms with Gasteiger partial charge in [0, 0.05) is 5.69 Å². The summed E-state index contributed by atoms with van der Waals surface area (Å²) in [5.41, 5.74) is 8.74. The van der Waals surface area contributed by atoms with Crippen LogP contribution in [0.1, 0.15) is 45.2 Å². The second-order valence-corrected chi connectivity index (χ2v) is 7.95. The molecule has 6 nitrogen and oxygen atoms in total. The number of nitrogens with two attached hydrogens (primary N) is 1. The molecule has 0 aliphatic rings. The maximum atomic E-state index is 11.9. The molecule has 0 radical (unpaired) electrons. The Kier molecular flexibility index (Phi) is 4.91. The topological polar surface area (TPSA) is 94.9 Å². The largest absolute Gasteiger partial charge is 0.419 e. The summed E-state index contributed by atoms with van der Waals surface area (Å²) in [6, 6.07) is 3.86. The van der Waals surface area contributed by atoms with Crippen LogP contribution < -0.4 is 5.73 Å². The van der Waals surface area contributed by atoms with E-state index in [9.17, 15) is 4.79 Å². The molecule has 8 heteroatoms. The van der Waals surface area contributed by atoms with Crippen molar-refractivity contribution in [1.29, 1.82) is 0 Å². The minimum atomic E-state index is -0.479. The lowest BCUT2D eigenvalue weighted by Crippen LogP contribution is -2.17. The van der Waals surface area contributed by atoms with Gasteiger partial charge in [-0.1, -0.05) is 17.8 Å². The molecule has 0 aliphatic heterocycles. The quantitative estimate of drug-likeness (QED) is 0.676. The first-order valence-corrected chi connectivity index (χ1v) is 9.46. The molecule has 3 heterocycles. The van der Waals surface area contributed by atoms with Gasteiger partial charge < -0.3 is 10.2 Å². The Morgan fingerprint density at radius 1 is 1.28 bits per heavy atom. The van der Waals surface area contributed by atoms with E-state index in [0.29, 0.717) is 22.4 Å². The van der Waals surface area contributed by atoms with Crippen molar-refractivity contribution < 1.29 is 9.21 Å². The Morgan fingerprint density at radius 2 is 2.04 bits per heavy atom. The fourth-order valence-corrected chi connectivity index (χ4v) is 4.14. The van der Waals surface area contributed by atoms with Gasteiger partial charge in [-0.05, 0) is 50.3 Å². The van der Waals surface area contributed by atoms with Crippen molar-refractivity contribution in [3.8, 4) is 10.8 Å². The Labute approximate surface area is 153 Å². The molecule has 0 aromatic carbocycles. The van der Waals surface area contributed by atoms with E-state index >= 15 is 0 Å². The summed E-state index contributed by atoms with van der Waals surface area (Å²) in [7, 11) is 0. The van der Waals surface area contributed by atoms with Crippen molar-refractivity contribution in [3.05, 3.63) is 45.8 Å². The molecule has 3 aromatic heterocycles. The normalized spacial score (nSPS) is 12.3. The average molecular weight is 374 g/mol. The monoisotopic (exact) mass is 374 g/mol. The number of hydrogen-bond donors (Lipinski definition) is 1. The third-order valence-electron chi connectivity index (χ3n) is 4.02. The van der Waals surface area contributed by atoms with E-state index in [4.69, 9.17) is 10.2 Å². The molecule has 1 atom stereocenters. The maximum Gasteiger partial charge on any atom is 0.257 e. The predicted octanol–water partition coefficient (Wildman–Crippen LogP) is 4.07. The Bertz CT molecular complexity index is 919. The first-order chi connectivity index (χ1) is 11.9. The second kappa shape index (κ2) is 6.97. The summed E-state index contributed by atoms with van der Waals surface area (Å²) in [5, 5.41) is 10.6. The second-order valence-electron chi connectivity index (χ2n) is 5.67. The van der Waals surface area contributed by atoms with Crippen LogP contribution in [0, 0.1) is 20.8 Å². The lowest BCUT2D eigenvalue weighted by Gasteiger charge is -2.15. The van der Waals surface area contributed by atoms with Crippen LogP contribution in [-0.2, 0) is 0 Å². The molecule has 3 aromatic rings. The van der Waals surface area contributed by atoms with Gasteiger partial charge in [0.2, 0.25) is 5.89 Å². The zero-order valence-electron chi connectivity index (χ0n) is 14.4. The molecule has 0 fully saturated rings. The predicted molar refractivity (Wildman–Crippen MR) is 98.8 cm³/mol. The Morgan fingerprint density at radius 3 is 2.68 bits per heavy atom. The van der Waals surface area contributed by atoms with Gasteiger partial charge in [0.25, 0.3) is 11.8 Å². The number of carbonyl (C=O) groups excluding carboxylic acids is 1. The molecule has 25 heavy (non-hydrogen) atoms. The third kappa shape index (κ3) is 3.45. The van der Waals surface area contributed by atoms with Gasteiger partial charge in [0.15, 0.2) is 0 Å². The highest BCUT2D eigenvalue weighted by Crippen LogP contribution is 2.37. The van der Waals surface area contributed by atoms with Gasteiger partial charge in [-0.2, -0.15) is 0 Å². The van der Waals surface area contributed by atoms with E-state index in [2.05, 4.69) is 15.2 Å². The number of amides is 1. The first-order valence-electron chi connectivity index (χ1n) is 7.70. The number of thiophene rings is 1. The van der Waals surface area contributed by atoms with E-state index in [-0.39, 0.29) is 5.25 Å². The van der Waals surface area contributed by atoms with Crippen molar-refractivity contribution in [2.45, 2.75) is 38.0 Å². The molecule has 0 unspecified atom stereocenters. The van der Waals surface area contributed by atoms with Gasteiger partial charge in [0.1, 0.15) is 5.03 Å². The van der Waals surface area contributed by atoms with Crippen LogP contribution in [0.5, 0.6) is 0 Å². The smallest absolute Gasteiger partial charge is 0.257 e. The molecule has 1 amide bonds. The highest BCUT2D eigenvalue weighted by molar-refractivity contribution is 7.99. The molecular weight excluding hydrogens is 356 g/mol. The van der Waals surface area contributed by atoms with Crippen LogP contribution in [0.3, 0.4) is 0 Å². The fourth-order valence-electron chi connectivity index (χ4n) is 2.40. The van der Waals surface area contributed by atoms with E-state index in [0.717, 1.165) is 21.7 Å². The number of hydrogen-bond acceptors (Lipinski definition) is 7. The van der Waals surface area contributed by atoms with Crippen molar-refractivity contribution in [2.75, 3.05) is 0 Å². The minimum Gasteiger partial charge on any atom is -0.419 e. The van der Waals surface area contributed by atoms with Crippen LogP contribution in [-0.4, -0.2) is 21.1 Å². The van der Waals surface area contributed by atoms with Crippen molar-refractivity contribution in [2.24, 2.45) is 5.73 Å². The Balaban J connectivity index is 1.91. The van der Waals surface area contributed by atoms with Crippen molar-refractivity contribution in [1.82, 2.24) is 15.2 Å². The number of pyridine rings is 1. The molecule has 2 N–H and O–H groups in total. The molecule has 3 rings (SSSR count).